The lowest BCUT2D eigenvalue weighted by Crippen LogP contribution is -2.62. The van der Waals surface area contributed by atoms with Gasteiger partial charge in [-0.2, -0.15) is 17.6 Å². The van der Waals surface area contributed by atoms with E-state index in [9.17, 15) is 39.5 Å². The average Bonchev–Trinajstić information content (AvgIpc) is 2.58. The lowest BCUT2D eigenvalue weighted by molar-refractivity contribution is -0.267. The van der Waals surface area contributed by atoms with Gasteiger partial charge >= 0.3 is 11.8 Å². The van der Waals surface area contributed by atoms with E-state index in [0.29, 0.717) is 12.8 Å². The third-order valence-corrected chi connectivity index (χ3v) is 7.92. The fourth-order valence-electron chi connectivity index (χ4n) is 2.70. The molecule has 0 nitrogen and oxygen atoms in total. The Hall–Kier alpha value is -0.673. The van der Waals surface area contributed by atoms with Crippen molar-refractivity contribution in [3.8, 4) is 0 Å². The first-order valence-electron chi connectivity index (χ1n) is 8.80. The maximum absolute atomic E-state index is 14.3. The number of allylic oxidation sites excluding steroid dienone is 1. The van der Waals surface area contributed by atoms with E-state index < -0.39 is 44.5 Å². The molecule has 3 unspecified atom stereocenters. The van der Waals surface area contributed by atoms with Crippen molar-refractivity contribution in [3.63, 3.8) is 0 Å². The van der Waals surface area contributed by atoms with Crippen LogP contribution in [0.3, 0.4) is 0 Å². The Morgan fingerprint density at radius 2 is 1.30 bits per heavy atom. The second kappa shape index (κ2) is 10.8. The van der Waals surface area contributed by atoms with Gasteiger partial charge < -0.3 is 0 Å². The summed E-state index contributed by atoms with van der Waals surface area (Å²) in [5.41, 5.74) is 0. The highest BCUT2D eigenvalue weighted by molar-refractivity contribution is 6.78. The van der Waals surface area contributed by atoms with Crippen LogP contribution in [0.5, 0.6) is 0 Å². The number of halogens is 9. The number of rotatable bonds is 14. The zero-order chi connectivity index (χ0) is 21.5. The monoisotopic (exact) mass is 430 g/mol. The van der Waals surface area contributed by atoms with Crippen molar-refractivity contribution < 1.29 is 39.5 Å². The second-order valence-corrected chi connectivity index (χ2v) is 12.4. The Morgan fingerprint density at radius 1 is 0.815 bits per heavy atom. The minimum Gasteiger partial charge on any atom is -0.245 e. The van der Waals surface area contributed by atoms with Crippen LogP contribution in [0.25, 0.3) is 0 Å². The summed E-state index contributed by atoms with van der Waals surface area (Å²) in [7, 11) is -3.62. The molecule has 10 heteroatoms. The Balaban J connectivity index is 4.92. The van der Waals surface area contributed by atoms with Gasteiger partial charge in [-0.3, -0.25) is 0 Å². The topological polar surface area (TPSA) is 0 Å². The summed E-state index contributed by atoms with van der Waals surface area (Å²) in [5, 5.41) is 0. The zero-order valence-corrected chi connectivity index (χ0v) is 16.4. The molecule has 0 amide bonds. The predicted octanol–water partition coefficient (Wildman–Crippen LogP) is 7.31. The van der Waals surface area contributed by atoms with Crippen LogP contribution in [0.1, 0.15) is 38.5 Å². The molecule has 0 aromatic rings. The molecule has 3 atom stereocenters. The van der Waals surface area contributed by atoms with Crippen LogP contribution in [0.15, 0.2) is 12.7 Å². The SMILES string of the molecule is C=CCCCCCCC[Si](C)(C)C(F)C(F)(F)C(F)(F)C(F)C(F)C(F)F. The smallest absolute Gasteiger partial charge is 0.245 e. The van der Waals surface area contributed by atoms with E-state index in [-0.39, 0.29) is 6.04 Å². The lowest BCUT2D eigenvalue weighted by atomic mass is 10.0. The van der Waals surface area contributed by atoms with Crippen molar-refractivity contribution in [1.29, 1.82) is 0 Å². The van der Waals surface area contributed by atoms with Crippen molar-refractivity contribution in [3.05, 3.63) is 12.7 Å². The largest absolute Gasteiger partial charge is 0.346 e. The Bertz CT molecular complexity index is 440. The van der Waals surface area contributed by atoms with Crippen LogP contribution in [0.2, 0.25) is 19.1 Å². The van der Waals surface area contributed by atoms with Gasteiger partial charge in [0.05, 0.1) is 8.07 Å². The summed E-state index contributed by atoms with van der Waals surface area (Å²) in [6, 6.07) is -0.0633. The zero-order valence-electron chi connectivity index (χ0n) is 15.4. The Morgan fingerprint density at radius 3 is 1.78 bits per heavy atom. The van der Waals surface area contributed by atoms with Gasteiger partial charge in [0.15, 0.2) is 12.0 Å². The average molecular weight is 430 g/mol. The molecule has 0 spiro atoms. The molecule has 0 bridgehead atoms. The molecule has 0 aromatic carbocycles. The third-order valence-electron chi connectivity index (χ3n) is 4.54. The Kier molecular flexibility index (Phi) is 10.5. The minimum atomic E-state index is -5.88. The molecule has 0 aromatic heterocycles. The molecule has 27 heavy (non-hydrogen) atoms. The Labute approximate surface area is 155 Å². The van der Waals surface area contributed by atoms with Crippen LogP contribution in [0, 0.1) is 0 Å². The molecule has 0 saturated heterocycles. The molecule has 0 aliphatic carbocycles. The normalized spacial score (nSPS) is 17.0. The predicted molar refractivity (Wildman–Crippen MR) is 90.8 cm³/mol. The van der Waals surface area contributed by atoms with Crippen LogP contribution in [-0.2, 0) is 0 Å². The van der Waals surface area contributed by atoms with Gasteiger partial charge in [0.1, 0.15) is 0 Å². The molecule has 0 fully saturated rings. The summed E-state index contributed by atoms with van der Waals surface area (Å²) in [4.78, 5) is 0. The quantitative estimate of drug-likeness (QED) is 0.117. The molecular weight excluding hydrogens is 403 g/mol. The second-order valence-electron chi connectivity index (χ2n) is 7.37. The summed E-state index contributed by atoms with van der Waals surface area (Å²) in [5.74, 6) is -14.9. The highest BCUT2D eigenvalue weighted by Crippen LogP contribution is 2.47. The van der Waals surface area contributed by atoms with Crippen molar-refractivity contribution in [1.82, 2.24) is 0 Å². The molecule has 162 valence electrons. The van der Waals surface area contributed by atoms with Gasteiger partial charge in [0, 0.05) is 0 Å². The van der Waals surface area contributed by atoms with E-state index >= 15 is 0 Å². The van der Waals surface area contributed by atoms with Crippen LogP contribution < -0.4 is 0 Å². The highest BCUT2D eigenvalue weighted by Gasteiger charge is 2.71. The number of alkyl halides is 9. The van der Waals surface area contributed by atoms with Crippen molar-refractivity contribution in [2.45, 2.75) is 94.1 Å². The van der Waals surface area contributed by atoms with Crippen LogP contribution >= 0.6 is 0 Å². The van der Waals surface area contributed by atoms with Crippen molar-refractivity contribution in [2.24, 2.45) is 0 Å². The highest BCUT2D eigenvalue weighted by atomic mass is 28.3. The standard InChI is InChI=1S/C17H27F9Si/c1-4-5-6-7-8-9-10-11-27(2,3)15(22)17(25,26)16(23,24)13(19)12(18)14(20)21/h4,12-15H,1,5-11H2,2-3H3. The van der Waals surface area contributed by atoms with Gasteiger partial charge in [0.2, 0.25) is 6.17 Å². The summed E-state index contributed by atoms with van der Waals surface area (Å²) in [6.45, 7) is 5.77. The van der Waals surface area contributed by atoms with E-state index in [4.69, 9.17) is 0 Å². The van der Waals surface area contributed by atoms with Gasteiger partial charge in [-0.15, -0.1) is 6.58 Å². The number of hydrogen-bond acceptors (Lipinski definition) is 0. The molecule has 0 aliphatic rings. The van der Waals surface area contributed by atoms with Crippen molar-refractivity contribution >= 4 is 8.07 Å². The number of hydrogen-bond donors (Lipinski definition) is 0. The summed E-state index contributed by atoms with van der Waals surface area (Å²) < 4.78 is 120. The molecule has 0 rings (SSSR count). The molecule has 0 aliphatic heterocycles. The first kappa shape index (κ1) is 26.3. The van der Waals surface area contributed by atoms with Gasteiger partial charge in [-0.1, -0.05) is 50.9 Å². The molecule has 0 saturated carbocycles. The van der Waals surface area contributed by atoms with E-state index in [0.717, 1.165) is 38.8 Å². The lowest BCUT2D eigenvalue weighted by Gasteiger charge is -2.38. The van der Waals surface area contributed by atoms with Gasteiger partial charge in [0.25, 0.3) is 6.43 Å². The van der Waals surface area contributed by atoms with Crippen molar-refractivity contribution in [2.75, 3.05) is 0 Å². The van der Waals surface area contributed by atoms with Crippen LogP contribution in [0.4, 0.5) is 39.5 Å². The van der Waals surface area contributed by atoms with E-state index in [1.54, 1.807) is 6.08 Å². The van der Waals surface area contributed by atoms with Crippen LogP contribution in [-0.4, -0.2) is 44.5 Å². The molecule has 0 N–H and O–H groups in total. The van der Waals surface area contributed by atoms with E-state index in [1.165, 1.54) is 0 Å². The first-order chi connectivity index (χ1) is 12.2. The maximum Gasteiger partial charge on any atom is 0.346 e. The first-order valence-corrected chi connectivity index (χ1v) is 12.1. The van der Waals surface area contributed by atoms with E-state index in [2.05, 4.69) is 6.58 Å². The summed E-state index contributed by atoms with van der Waals surface area (Å²) >= 11 is 0. The fraction of sp³-hybridized carbons (Fsp3) is 0.882. The van der Waals surface area contributed by atoms with Gasteiger partial charge in [-0.25, -0.2) is 22.0 Å². The van der Waals surface area contributed by atoms with Gasteiger partial charge in [-0.05, 0) is 12.8 Å². The maximum atomic E-state index is 14.3. The fourth-order valence-corrected chi connectivity index (χ4v) is 5.29. The summed E-state index contributed by atoms with van der Waals surface area (Å²) in [6.07, 6.45) is -6.84. The molecule has 0 heterocycles. The third kappa shape index (κ3) is 7.01. The van der Waals surface area contributed by atoms with E-state index in [1.807, 2.05) is 0 Å². The number of unbranched alkanes of at least 4 members (excludes halogenated alkanes) is 5. The molecule has 0 radical (unpaired) electrons. The minimum absolute atomic E-state index is 0.0633. The molecular formula is C17H27F9Si.